The summed E-state index contributed by atoms with van der Waals surface area (Å²) in [6.07, 6.45) is 0.132. The van der Waals surface area contributed by atoms with Crippen LogP contribution in [-0.2, 0) is 0 Å². The molecular formula is C14H20BNO2S. The van der Waals surface area contributed by atoms with Crippen LogP contribution in [0.15, 0.2) is 12.1 Å². The molecule has 0 aliphatic carbocycles. The predicted octanol–water partition coefficient (Wildman–Crippen LogP) is 2.52. The highest BCUT2D eigenvalue weighted by atomic mass is 32.1. The van der Waals surface area contributed by atoms with Gasteiger partial charge >= 0.3 is 0 Å². The summed E-state index contributed by atoms with van der Waals surface area (Å²) in [7, 11) is 2.08. The minimum Gasteiger partial charge on any atom is -0.486 e. The maximum Gasteiger partial charge on any atom is 0.274 e. The van der Waals surface area contributed by atoms with E-state index in [1.165, 1.54) is 5.46 Å². The molecule has 1 aromatic carbocycles. The predicted molar refractivity (Wildman–Crippen MR) is 83.9 cm³/mol. The Balaban J connectivity index is 2.48. The molecular weight excluding hydrogens is 257 g/mol. The monoisotopic (exact) mass is 277 g/mol. The molecule has 0 aliphatic rings. The number of thiazole rings is 1. The Morgan fingerprint density at radius 2 is 1.95 bits per heavy atom. The van der Waals surface area contributed by atoms with Gasteiger partial charge in [-0.15, -0.1) is 0 Å². The number of benzene rings is 1. The fraction of sp³-hybridized carbons (Fsp3) is 0.500. The maximum absolute atomic E-state index is 5.98. The summed E-state index contributed by atoms with van der Waals surface area (Å²) >= 11 is 1.58. The van der Waals surface area contributed by atoms with Crippen molar-refractivity contribution in [3.05, 3.63) is 12.1 Å². The van der Waals surface area contributed by atoms with E-state index in [9.17, 15) is 0 Å². The zero-order chi connectivity index (χ0) is 14.2. The van der Waals surface area contributed by atoms with Crippen LogP contribution in [0.1, 0.15) is 34.6 Å². The van der Waals surface area contributed by atoms with E-state index in [1.54, 1.807) is 11.3 Å². The van der Waals surface area contributed by atoms with Crippen LogP contribution in [0, 0.1) is 0 Å². The Hall–Kier alpha value is -1.23. The van der Waals surface area contributed by atoms with Gasteiger partial charge in [-0.3, -0.25) is 0 Å². The molecule has 19 heavy (non-hydrogen) atoms. The summed E-state index contributed by atoms with van der Waals surface area (Å²) < 4.78 is 12.8. The van der Waals surface area contributed by atoms with Crippen molar-refractivity contribution in [3.63, 3.8) is 0 Å². The maximum atomic E-state index is 5.98. The normalized spacial score (nSPS) is 12.1. The molecule has 0 amide bonds. The highest BCUT2D eigenvalue weighted by Crippen LogP contribution is 2.34. The first-order valence-corrected chi connectivity index (χ1v) is 7.34. The SMILES string of the molecule is Bc1ccc(OC(C)(C)C)c2nc(OC(C)C)sc12. The largest absolute Gasteiger partial charge is 0.486 e. The molecule has 0 N–H and O–H groups in total. The average molecular weight is 277 g/mol. The van der Waals surface area contributed by atoms with Gasteiger partial charge in [0.05, 0.1) is 10.8 Å². The number of aromatic nitrogens is 1. The van der Waals surface area contributed by atoms with Gasteiger partial charge in [0.2, 0.25) is 0 Å². The van der Waals surface area contributed by atoms with Crippen LogP contribution in [-0.4, -0.2) is 24.5 Å². The smallest absolute Gasteiger partial charge is 0.274 e. The van der Waals surface area contributed by atoms with E-state index in [1.807, 2.05) is 40.7 Å². The first-order chi connectivity index (χ1) is 8.76. The van der Waals surface area contributed by atoms with E-state index >= 15 is 0 Å². The summed E-state index contributed by atoms with van der Waals surface area (Å²) in [5, 5.41) is 0.707. The number of fused-ring (bicyclic) bond motifs is 1. The van der Waals surface area contributed by atoms with Gasteiger partial charge in [-0.25, -0.2) is 0 Å². The van der Waals surface area contributed by atoms with Gasteiger partial charge in [0.25, 0.3) is 5.19 Å². The van der Waals surface area contributed by atoms with Gasteiger partial charge in [-0.1, -0.05) is 22.9 Å². The van der Waals surface area contributed by atoms with Crippen LogP contribution in [0.25, 0.3) is 10.2 Å². The van der Waals surface area contributed by atoms with Gasteiger partial charge in [-0.2, -0.15) is 4.98 Å². The number of nitrogens with zero attached hydrogens (tertiary/aromatic N) is 1. The van der Waals surface area contributed by atoms with Crippen molar-refractivity contribution in [2.75, 3.05) is 0 Å². The summed E-state index contributed by atoms with van der Waals surface area (Å²) in [4.78, 5) is 4.57. The van der Waals surface area contributed by atoms with Gasteiger partial charge in [-0.05, 0) is 40.7 Å². The molecule has 0 aliphatic heterocycles. The quantitative estimate of drug-likeness (QED) is 0.808. The number of hydrogen-bond acceptors (Lipinski definition) is 4. The van der Waals surface area contributed by atoms with E-state index in [2.05, 4.69) is 18.9 Å². The third-order valence-corrected chi connectivity index (χ3v) is 3.52. The molecule has 0 unspecified atom stereocenters. The van der Waals surface area contributed by atoms with Crippen LogP contribution in [0.4, 0.5) is 0 Å². The van der Waals surface area contributed by atoms with E-state index in [-0.39, 0.29) is 11.7 Å². The zero-order valence-corrected chi connectivity index (χ0v) is 13.2. The van der Waals surface area contributed by atoms with E-state index in [0.717, 1.165) is 16.0 Å². The molecule has 3 nitrogen and oxygen atoms in total. The summed E-state index contributed by atoms with van der Waals surface area (Å²) in [6.45, 7) is 10.1. The average Bonchev–Trinajstić information content (AvgIpc) is 2.64. The van der Waals surface area contributed by atoms with Gasteiger partial charge in [0, 0.05) is 0 Å². The lowest BCUT2D eigenvalue weighted by Gasteiger charge is -2.21. The second-order valence-corrected chi connectivity index (χ2v) is 6.88. The first kappa shape index (κ1) is 14.2. The van der Waals surface area contributed by atoms with Crippen molar-refractivity contribution >= 4 is 34.9 Å². The summed E-state index contributed by atoms with van der Waals surface area (Å²) in [5.41, 5.74) is 1.87. The molecule has 0 saturated heterocycles. The highest BCUT2D eigenvalue weighted by molar-refractivity contribution is 7.21. The molecule has 0 saturated carbocycles. The summed E-state index contributed by atoms with van der Waals surface area (Å²) in [6, 6.07) is 4.06. The standard InChI is InChI=1S/C14H20BNO2S/c1-8(2)17-13-16-11-10(18-14(3,4)5)7-6-9(15)12(11)19-13/h6-8H,15H2,1-5H3. The Labute approximate surface area is 119 Å². The van der Waals surface area contributed by atoms with Crippen LogP contribution in [0.2, 0.25) is 0 Å². The molecule has 0 bridgehead atoms. The molecule has 1 aromatic heterocycles. The van der Waals surface area contributed by atoms with E-state index < -0.39 is 0 Å². The van der Waals surface area contributed by atoms with Gasteiger partial charge in [0.1, 0.15) is 24.7 Å². The van der Waals surface area contributed by atoms with Crippen LogP contribution in [0.3, 0.4) is 0 Å². The van der Waals surface area contributed by atoms with Crippen LogP contribution in [0.5, 0.6) is 10.9 Å². The molecule has 0 atom stereocenters. The fourth-order valence-electron chi connectivity index (χ4n) is 1.75. The lowest BCUT2D eigenvalue weighted by molar-refractivity contribution is 0.133. The number of hydrogen-bond donors (Lipinski definition) is 0. The van der Waals surface area contributed by atoms with E-state index in [4.69, 9.17) is 9.47 Å². The zero-order valence-electron chi connectivity index (χ0n) is 12.4. The van der Waals surface area contributed by atoms with Crippen molar-refractivity contribution in [1.29, 1.82) is 0 Å². The topological polar surface area (TPSA) is 31.4 Å². The van der Waals surface area contributed by atoms with Gasteiger partial charge < -0.3 is 9.47 Å². The number of rotatable bonds is 3. The lowest BCUT2D eigenvalue weighted by Crippen LogP contribution is -2.23. The van der Waals surface area contributed by atoms with Crippen molar-refractivity contribution < 1.29 is 9.47 Å². The van der Waals surface area contributed by atoms with Crippen molar-refractivity contribution in [1.82, 2.24) is 4.98 Å². The molecule has 1 heterocycles. The molecule has 5 heteroatoms. The first-order valence-electron chi connectivity index (χ1n) is 6.52. The van der Waals surface area contributed by atoms with Crippen molar-refractivity contribution in [2.24, 2.45) is 0 Å². The third kappa shape index (κ3) is 3.41. The fourth-order valence-corrected chi connectivity index (χ4v) is 2.78. The van der Waals surface area contributed by atoms with Gasteiger partial charge in [0.15, 0.2) is 0 Å². The second kappa shape index (κ2) is 5.04. The highest BCUT2D eigenvalue weighted by Gasteiger charge is 2.18. The molecule has 102 valence electrons. The Morgan fingerprint density at radius 1 is 1.26 bits per heavy atom. The van der Waals surface area contributed by atoms with Crippen LogP contribution < -0.4 is 14.9 Å². The molecule has 0 fully saturated rings. The minimum atomic E-state index is -0.231. The molecule has 2 rings (SSSR count). The minimum absolute atomic E-state index is 0.132. The van der Waals surface area contributed by atoms with Crippen molar-refractivity contribution in [2.45, 2.75) is 46.3 Å². The Bertz CT molecular complexity index is 587. The second-order valence-electron chi connectivity index (χ2n) is 5.92. The Morgan fingerprint density at radius 3 is 2.53 bits per heavy atom. The van der Waals surface area contributed by atoms with Crippen LogP contribution >= 0.6 is 11.3 Å². The van der Waals surface area contributed by atoms with Crippen molar-refractivity contribution in [3.8, 4) is 10.9 Å². The molecule has 0 spiro atoms. The number of ether oxygens (including phenoxy) is 2. The molecule has 0 radical (unpaired) electrons. The van der Waals surface area contributed by atoms with E-state index in [0.29, 0.717) is 5.19 Å². The Kier molecular flexibility index (Phi) is 3.77. The lowest BCUT2D eigenvalue weighted by atomic mass is 9.96. The third-order valence-electron chi connectivity index (χ3n) is 2.44. The molecule has 2 aromatic rings. The summed E-state index contributed by atoms with van der Waals surface area (Å²) in [5.74, 6) is 0.822.